The highest BCUT2D eigenvalue weighted by Gasteiger charge is 2.21. The van der Waals surface area contributed by atoms with Gasteiger partial charge < -0.3 is 9.88 Å². The van der Waals surface area contributed by atoms with Gasteiger partial charge in [0.2, 0.25) is 5.91 Å². The lowest BCUT2D eigenvalue weighted by Crippen LogP contribution is -2.34. The van der Waals surface area contributed by atoms with Gasteiger partial charge in [0.25, 0.3) is 0 Å². The molecule has 2 aromatic heterocycles. The van der Waals surface area contributed by atoms with E-state index < -0.39 is 0 Å². The Balaban J connectivity index is 1.66. The molecule has 3 aromatic rings. The first-order valence-electron chi connectivity index (χ1n) is 8.13. The van der Waals surface area contributed by atoms with E-state index in [-0.39, 0.29) is 17.9 Å². The molecule has 0 saturated carbocycles. The van der Waals surface area contributed by atoms with Crippen LogP contribution in [0.25, 0.3) is 5.69 Å². The summed E-state index contributed by atoms with van der Waals surface area (Å²) in [6.07, 6.45) is 5.47. The number of aromatic nitrogens is 6. The molecule has 0 aliphatic heterocycles. The number of aryl methyl sites for hydroxylation is 1. The molecule has 1 atom stereocenters. The third-order valence-electron chi connectivity index (χ3n) is 4.03. The molecule has 0 saturated heterocycles. The van der Waals surface area contributed by atoms with Gasteiger partial charge in [0.15, 0.2) is 0 Å². The Labute approximate surface area is 145 Å². The van der Waals surface area contributed by atoms with E-state index in [9.17, 15) is 4.79 Å². The average molecular weight is 339 g/mol. The van der Waals surface area contributed by atoms with Crippen LogP contribution in [-0.4, -0.2) is 35.7 Å². The molecule has 8 heteroatoms. The number of rotatable bonds is 6. The highest BCUT2D eigenvalue weighted by Crippen LogP contribution is 2.20. The van der Waals surface area contributed by atoms with Crippen molar-refractivity contribution in [1.29, 1.82) is 0 Å². The molecule has 0 bridgehead atoms. The van der Waals surface area contributed by atoms with Gasteiger partial charge in [-0.1, -0.05) is 26.0 Å². The number of hydrogen-bond donors (Lipinski definition) is 1. The molecule has 0 spiro atoms. The number of amides is 1. The number of nitrogens with zero attached hydrogens (tertiary/aromatic N) is 6. The van der Waals surface area contributed by atoms with Crippen molar-refractivity contribution in [2.24, 2.45) is 13.0 Å². The molecule has 1 aromatic carbocycles. The van der Waals surface area contributed by atoms with E-state index in [0.29, 0.717) is 6.42 Å². The summed E-state index contributed by atoms with van der Waals surface area (Å²) in [5.74, 6) is 1.07. The van der Waals surface area contributed by atoms with E-state index in [1.807, 2.05) is 42.1 Å². The van der Waals surface area contributed by atoms with Crippen LogP contribution in [0.4, 0.5) is 0 Å². The number of hydrogen-bond acceptors (Lipinski definition) is 5. The lowest BCUT2D eigenvalue weighted by Gasteiger charge is -2.22. The maximum absolute atomic E-state index is 12.5. The third kappa shape index (κ3) is 3.90. The second-order valence-electron chi connectivity index (χ2n) is 6.28. The monoisotopic (exact) mass is 339 g/mol. The molecule has 8 nitrogen and oxygen atoms in total. The predicted octanol–water partition coefficient (Wildman–Crippen LogP) is 1.45. The fourth-order valence-electron chi connectivity index (χ4n) is 2.66. The Hall–Kier alpha value is -3.03. The van der Waals surface area contributed by atoms with Crippen LogP contribution in [0.15, 0.2) is 43.0 Å². The summed E-state index contributed by atoms with van der Waals surface area (Å²) in [4.78, 5) is 16.8. The molecule has 3 rings (SSSR count). The first-order valence-corrected chi connectivity index (χ1v) is 8.13. The first kappa shape index (κ1) is 16.8. The number of benzene rings is 1. The zero-order valence-corrected chi connectivity index (χ0v) is 14.5. The molecule has 0 unspecified atom stereocenters. The first-order chi connectivity index (χ1) is 12.0. The summed E-state index contributed by atoms with van der Waals surface area (Å²) in [6, 6.07) is 7.46. The summed E-state index contributed by atoms with van der Waals surface area (Å²) in [7, 11) is 1.93. The van der Waals surface area contributed by atoms with Crippen LogP contribution < -0.4 is 5.32 Å². The minimum atomic E-state index is -0.118. The topological polar surface area (TPSA) is 90.5 Å². The van der Waals surface area contributed by atoms with Crippen molar-refractivity contribution in [2.75, 3.05) is 0 Å². The molecule has 1 N–H and O–H groups in total. The van der Waals surface area contributed by atoms with Crippen LogP contribution >= 0.6 is 0 Å². The van der Waals surface area contributed by atoms with Crippen molar-refractivity contribution < 1.29 is 4.79 Å². The summed E-state index contributed by atoms with van der Waals surface area (Å²) in [6.45, 7) is 4.14. The van der Waals surface area contributed by atoms with Gasteiger partial charge >= 0.3 is 0 Å². The normalized spacial score (nSPS) is 12.3. The van der Waals surface area contributed by atoms with Crippen LogP contribution in [0.1, 0.15) is 31.3 Å². The maximum Gasteiger partial charge on any atom is 0.225 e. The Morgan fingerprint density at radius 3 is 2.56 bits per heavy atom. The van der Waals surface area contributed by atoms with Crippen LogP contribution in [0, 0.1) is 5.92 Å². The molecule has 0 fully saturated rings. The van der Waals surface area contributed by atoms with Crippen LogP contribution in [0.2, 0.25) is 0 Å². The fraction of sp³-hybridized carbons (Fsp3) is 0.353. The molecular formula is C17H21N7O. The van der Waals surface area contributed by atoms with Gasteiger partial charge in [-0.2, -0.15) is 0 Å². The second kappa shape index (κ2) is 7.25. The second-order valence-corrected chi connectivity index (χ2v) is 6.28. The Bertz CT molecular complexity index is 821. The van der Waals surface area contributed by atoms with Crippen molar-refractivity contribution in [3.05, 3.63) is 54.4 Å². The smallest absolute Gasteiger partial charge is 0.225 e. The summed E-state index contributed by atoms with van der Waals surface area (Å²) in [5.41, 5.74) is 1.78. The van der Waals surface area contributed by atoms with Gasteiger partial charge in [0.1, 0.15) is 12.2 Å². The van der Waals surface area contributed by atoms with Gasteiger partial charge in [-0.25, -0.2) is 9.67 Å². The zero-order chi connectivity index (χ0) is 17.8. The minimum absolute atomic E-state index is 0.0307. The molecular weight excluding hydrogens is 318 g/mol. The number of carbonyl (C=O) groups is 1. The molecule has 25 heavy (non-hydrogen) atoms. The van der Waals surface area contributed by atoms with Crippen molar-refractivity contribution in [3.8, 4) is 5.69 Å². The van der Waals surface area contributed by atoms with Crippen LogP contribution in [-0.2, 0) is 18.3 Å². The largest absolute Gasteiger partial charge is 0.346 e. The van der Waals surface area contributed by atoms with Crippen molar-refractivity contribution in [2.45, 2.75) is 26.3 Å². The highest BCUT2D eigenvalue weighted by atomic mass is 16.1. The summed E-state index contributed by atoms with van der Waals surface area (Å²) >= 11 is 0. The van der Waals surface area contributed by atoms with Crippen LogP contribution in [0.5, 0.6) is 0 Å². The molecule has 0 radical (unpaired) electrons. The number of nitrogens with one attached hydrogen (secondary N) is 1. The average Bonchev–Trinajstić information content (AvgIpc) is 3.25. The molecule has 0 aliphatic rings. The third-order valence-corrected chi connectivity index (χ3v) is 4.03. The minimum Gasteiger partial charge on any atom is -0.346 e. The van der Waals surface area contributed by atoms with E-state index in [1.54, 1.807) is 10.9 Å². The summed E-state index contributed by atoms with van der Waals surface area (Å²) < 4.78 is 3.51. The number of carbonyl (C=O) groups excluding carboxylic acids is 1. The van der Waals surface area contributed by atoms with Gasteiger partial charge in [-0.05, 0) is 34.0 Å². The quantitative estimate of drug-likeness (QED) is 0.734. The van der Waals surface area contributed by atoms with Crippen molar-refractivity contribution >= 4 is 5.91 Å². The van der Waals surface area contributed by atoms with E-state index in [2.05, 4.69) is 39.7 Å². The number of tetrazole rings is 1. The maximum atomic E-state index is 12.5. The van der Waals surface area contributed by atoms with E-state index in [1.165, 1.54) is 6.33 Å². The van der Waals surface area contributed by atoms with Gasteiger partial charge in [-0.15, -0.1) is 5.10 Å². The standard InChI is InChI=1S/C17H21N7O/c1-12(2)16(17-18-8-9-23(17)3)20-15(25)10-13-4-6-14(7-5-13)24-11-19-21-22-24/h4-9,11-12,16H,10H2,1-3H3,(H,20,25)/t16-/m0/s1. The zero-order valence-electron chi connectivity index (χ0n) is 14.5. The SMILES string of the molecule is CC(C)[C@H](NC(=O)Cc1ccc(-n2cnnn2)cc1)c1nccn1C. The van der Waals surface area contributed by atoms with E-state index in [0.717, 1.165) is 17.1 Å². The van der Waals surface area contributed by atoms with Gasteiger partial charge in [0, 0.05) is 19.4 Å². The highest BCUT2D eigenvalue weighted by molar-refractivity contribution is 5.79. The molecule has 130 valence electrons. The molecule has 1 amide bonds. The molecule has 0 aliphatic carbocycles. The Morgan fingerprint density at radius 1 is 1.24 bits per heavy atom. The molecule has 2 heterocycles. The van der Waals surface area contributed by atoms with Gasteiger partial charge in [-0.3, -0.25) is 4.79 Å². The lowest BCUT2D eigenvalue weighted by atomic mass is 10.0. The van der Waals surface area contributed by atoms with Crippen molar-refractivity contribution in [3.63, 3.8) is 0 Å². The fourth-order valence-corrected chi connectivity index (χ4v) is 2.66. The lowest BCUT2D eigenvalue weighted by molar-refractivity contribution is -0.121. The van der Waals surface area contributed by atoms with E-state index in [4.69, 9.17) is 0 Å². The van der Waals surface area contributed by atoms with Crippen molar-refractivity contribution in [1.82, 2.24) is 35.1 Å². The van der Waals surface area contributed by atoms with Gasteiger partial charge in [0.05, 0.1) is 18.2 Å². The Kier molecular flexibility index (Phi) is 4.87. The van der Waals surface area contributed by atoms with Crippen LogP contribution in [0.3, 0.4) is 0 Å². The number of imidazole rings is 1. The predicted molar refractivity (Wildman–Crippen MR) is 91.8 cm³/mol. The summed E-state index contributed by atoms with van der Waals surface area (Å²) in [5, 5.41) is 14.2. The van der Waals surface area contributed by atoms with E-state index >= 15 is 0 Å². The Morgan fingerprint density at radius 2 is 2.00 bits per heavy atom.